The SMILES string of the molecule is CC[C@H](NC(=O)c1c(F)cccc1F)C(=O)O. The summed E-state index contributed by atoms with van der Waals surface area (Å²) in [6, 6.07) is 1.82. The van der Waals surface area contributed by atoms with Crippen molar-refractivity contribution in [2.45, 2.75) is 19.4 Å². The average molecular weight is 243 g/mol. The maximum absolute atomic E-state index is 13.2. The van der Waals surface area contributed by atoms with E-state index in [9.17, 15) is 18.4 Å². The number of carboxylic acid groups (broad SMARTS) is 1. The van der Waals surface area contributed by atoms with E-state index in [0.717, 1.165) is 18.2 Å². The third-order valence-corrected chi connectivity index (χ3v) is 2.20. The fourth-order valence-corrected chi connectivity index (χ4v) is 1.28. The standard InChI is InChI=1S/C11H11F2NO3/c1-2-8(11(16)17)14-10(15)9-6(12)4-3-5-7(9)13/h3-5,8H,2H2,1H3,(H,14,15)(H,16,17)/t8-/m0/s1. The first-order valence-corrected chi connectivity index (χ1v) is 4.95. The number of rotatable bonds is 4. The summed E-state index contributed by atoms with van der Waals surface area (Å²) in [6.07, 6.45) is 0.122. The lowest BCUT2D eigenvalue weighted by molar-refractivity contribution is -0.139. The van der Waals surface area contributed by atoms with Crippen LogP contribution in [0.2, 0.25) is 0 Å². The summed E-state index contributed by atoms with van der Waals surface area (Å²) in [7, 11) is 0. The van der Waals surface area contributed by atoms with E-state index in [1.54, 1.807) is 0 Å². The molecular formula is C11H11F2NO3. The molecule has 0 aliphatic heterocycles. The number of amides is 1. The molecule has 2 N–H and O–H groups in total. The molecular weight excluding hydrogens is 232 g/mol. The smallest absolute Gasteiger partial charge is 0.326 e. The van der Waals surface area contributed by atoms with Crippen molar-refractivity contribution in [3.8, 4) is 0 Å². The fraction of sp³-hybridized carbons (Fsp3) is 0.273. The van der Waals surface area contributed by atoms with E-state index in [0.29, 0.717) is 0 Å². The number of hydrogen-bond acceptors (Lipinski definition) is 2. The topological polar surface area (TPSA) is 66.4 Å². The molecule has 1 atom stereocenters. The van der Waals surface area contributed by atoms with Crippen LogP contribution in [-0.2, 0) is 4.79 Å². The van der Waals surface area contributed by atoms with Crippen molar-refractivity contribution < 1.29 is 23.5 Å². The minimum absolute atomic E-state index is 0.122. The highest BCUT2D eigenvalue weighted by Gasteiger charge is 2.22. The third-order valence-electron chi connectivity index (χ3n) is 2.20. The van der Waals surface area contributed by atoms with Gasteiger partial charge >= 0.3 is 5.97 Å². The van der Waals surface area contributed by atoms with Gasteiger partial charge in [-0.2, -0.15) is 0 Å². The molecule has 0 aliphatic carbocycles. The Morgan fingerprint density at radius 3 is 2.29 bits per heavy atom. The molecule has 4 nitrogen and oxygen atoms in total. The number of aliphatic carboxylic acids is 1. The van der Waals surface area contributed by atoms with Gasteiger partial charge in [-0.3, -0.25) is 4.79 Å². The molecule has 17 heavy (non-hydrogen) atoms. The molecule has 0 radical (unpaired) electrons. The van der Waals surface area contributed by atoms with Crippen molar-refractivity contribution in [1.82, 2.24) is 5.32 Å². The van der Waals surface area contributed by atoms with Gasteiger partial charge in [0.15, 0.2) is 0 Å². The number of carbonyl (C=O) groups excluding carboxylic acids is 1. The lowest BCUT2D eigenvalue weighted by Crippen LogP contribution is -2.40. The lowest BCUT2D eigenvalue weighted by Gasteiger charge is -2.12. The summed E-state index contributed by atoms with van der Waals surface area (Å²) < 4.78 is 26.4. The van der Waals surface area contributed by atoms with E-state index < -0.39 is 35.1 Å². The van der Waals surface area contributed by atoms with Gasteiger partial charge in [0, 0.05) is 0 Å². The first-order valence-electron chi connectivity index (χ1n) is 4.95. The average Bonchev–Trinajstić information content (AvgIpc) is 2.25. The van der Waals surface area contributed by atoms with E-state index in [2.05, 4.69) is 0 Å². The van der Waals surface area contributed by atoms with Gasteiger partial charge in [-0.15, -0.1) is 0 Å². The molecule has 0 saturated heterocycles. The summed E-state index contributed by atoms with van der Waals surface area (Å²) in [4.78, 5) is 22.2. The Labute approximate surface area is 96.3 Å². The largest absolute Gasteiger partial charge is 0.480 e. The second kappa shape index (κ2) is 5.38. The van der Waals surface area contributed by atoms with Crippen molar-refractivity contribution in [2.24, 2.45) is 0 Å². The number of nitrogens with one attached hydrogen (secondary N) is 1. The predicted octanol–water partition coefficient (Wildman–Crippen LogP) is 1.56. The number of carboxylic acids is 1. The molecule has 0 unspecified atom stereocenters. The van der Waals surface area contributed by atoms with Crippen LogP contribution < -0.4 is 5.32 Å². The Hall–Kier alpha value is -1.98. The van der Waals surface area contributed by atoms with Gasteiger partial charge in [-0.05, 0) is 18.6 Å². The van der Waals surface area contributed by atoms with Crippen molar-refractivity contribution >= 4 is 11.9 Å². The zero-order chi connectivity index (χ0) is 13.0. The highest BCUT2D eigenvalue weighted by molar-refractivity contribution is 5.97. The molecule has 0 bridgehead atoms. The highest BCUT2D eigenvalue weighted by Crippen LogP contribution is 2.12. The first-order chi connectivity index (χ1) is 7.97. The molecule has 1 rings (SSSR count). The third kappa shape index (κ3) is 2.99. The van der Waals surface area contributed by atoms with Crippen LogP contribution in [0.25, 0.3) is 0 Å². The molecule has 1 amide bonds. The van der Waals surface area contributed by atoms with Gasteiger partial charge in [0.25, 0.3) is 5.91 Å². The number of benzene rings is 1. The van der Waals surface area contributed by atoms with Crippen molar-refractivity contribution in [2.75, 3.05) is 0 Å². The number of halogens is 2. The van der Waals surface area contributed by atoms with Gasteiger partial charge in [0.05, 0.1) is 0 Å². The summed E-state index contributed by atoms with van der Waals surface area (Å²) in [6.45, 7) is 1.54. The molecule has 0 fully saturated rings. The van der Waals surface area contributed by atoms with Crippen LogP contribution in [0.4, 0.5) is 8.78 Å². The van der Waals surface area contributed by atoms with Crippen LogP contribution >= 0.6 is 0 Å². The zero-order valence-electron chi connectivity index (χ0n) is 9.04. The van der Waals surface area contributed by atoms with E-state index in [1.807, 2.05) is 5.32 Å². The Morgan fingerprint density at radius 2 is 1.88 bits per heavy atom. The molecule has 1 aromatic rings. The van der Waals surface area contributed by atoms with E-state index >= 15 is 0 Å². The summed E-state index contributed by atoms with van der Waals surface area (Å²) in [5.74, 6) is -4.38. The van der Waals surface area contributed by atoms with Gasteiger partial charge in [0.1, 0.15) is 23.2 Å². The van der Waals surface area contributed by atoms with Crippen LogP contribution in [-0.4, -0.2) is 23.0 Å². The monoisotopic (exact) mass is 243 g/mol. The van der Waals surface area contributed by atoms with Crippen molar-refractivity contribution in [3.63, 3.8) is 0 Å². The maximum atomic E-state index is 13.2. The molecule has 92 valence electrons. The molecule has 0 aromatic heterocycles. The Bertz CT molecular complexity index is 428. The normalized spacial score (nSPS) is 11.9. The van der Waals surface area contributed by atoms with Crippen LogP contribution in [0.5, 0.6) is 0 Å². The first kappa shape index (κ1) is 13.1. The van der Waals surface area contributed by atoms with Gasteiger partial charge in [-0.25, -0.2) is 13.6 Å². The minimum Gasteiger partial charge on any atom is -0.480 e. The number of carbonyl (C=O) groups is 2. The molecule has 0 heterocycles. The molecule has 0 saturated carbocycles. The Morgan fingerprint density at radius 1 is 1.35 bits per heavy atom. The van der Waals surface area contributed by atoms with Gasteiger partial charge in [0.2, 0.25) is 0 Å². The predicted molar refractivity (Wildman–Crippen MR) is 55.5 cm³/mol. The van der Waals surface area contributed by atoms with Crippen molar-refractivity contribution in [1.29, 1.82) is 0 Å². The lowest BCUT2D eigenvalue weighted by atomic mass is 10.1. The molecule has 0 aliphatic rings. The second-order valence-corrected chi connectivity index (χ2v) is 3.37. The van der Waals surface area contributed by atoms with E-state index in [4.69, 9.17) is 5.11 Å². The fourth-order valence-electron chi connectivity index (χ4n) is 1.28. The van der Waals surface area contributed by atoms with E-state index in [1.165, 1.54) is 6.92 Å². The molecule has 6 heteroatoms. The van der Waals surface area contributed by atoms with Crippen LogP contribution in [0.1, 0.15) is 23.7 Å². The van der Waals surface area contributed by atoms with Crippen LogP contribution in [0.15, 0.2) is 18.2 Å². The molecule has 1 aromatic carbocycles. The molecule has 0 spiro atoms. The number of hydrogen-bond donors (Lipinski definition) is 2. The Balaban J connectivity index is 2.94. The van der Waals surface area contributed by atoms with Crippen LogP contribution in [0, 0.1) is 11.6 Å². The van der Waals surface area contributed by atoms with Crippen molar-refractivity contribution in [3.05, 3.63) is 35.4 Å². The second-order valence-electron chi connectivity index (χ2n) is 3.37. The van der Waals surface area contributed by atoms with Gasteiger partial charge in [-0.1, -0.05) is 13.0 Å². The summed E-state index contributed by atoms with van der Waals surface area (Å²) in [5, 5.41) is 10.8. The highest BCUT2D eigenvalue weighted by atomic mass is 19.1. The summed E-state index contributed by atoms with van der Waals surface area (Å²) in [5.41, 5.74) is -0.771. The zero-order valence-corrected chi connectivity index (χ0v) is 9.04. The minimum atomic E-state index is -1.25. The Kier molecular flexibility index (Phi) is 4.14. The summed E-state index contributed by atoms with van der Waals surface area (Å²) >= 11 is 0. The van der Waals surface area contributed by atoms with E-state index in [-0.39, 0.29) is 6.42 Å². The van der Waals surface area contributed by atoms with Gasteiger partial charge < -0.3 is 10.4 Å². The quantitative estimate of drug-likeness (QED) is 0.843. The maximum Gasteiger partial charge on any atom is 0.326 e. The van der Waals surface area contributed by atoms with Crippen LogP contribution in [0.3, 0.4) is 0 Å².